The molecule has 2 bridgehead atoms. The molecule has 2 N–H and O–H groups in total. The number of carbonyl (C=O) groups excluding carboxylic acids is 2. The lowest BCUT2D eigenvalue weighted by atomic mass is 9.51. The molecular formula is C29H38O9. The van der Waals surface area contributed by atoms with E-state index in [1.807, 2.05) is 0 Å². The topological polar surface area (TPSA) is 124 Å². The van der Waals surface area contributed by atoms with Crippen molar-refractivity contribution in [1.29, 1.82) is 0 Å². The second-order valence-corrected chi connectivity index (χ2v) is 11.6. The van der Waals surface area contributed by atoms with Gasteiger partial charge in [-0.1, -0.05) is 36.8 Å². The predicted molar refractivity (Wildman–Crippen MR) is 136 cm³/mol. The van der Waals surface area contributed by atoms with Crippen LogP contribution < -0.4 is 0 Å². The molecule has 0 aromatic rings. The van der Waals surface area contributed by atoms with Crippen molar-refractivity contribution >= 4 is 11.9 Å². The Labute approximate surface area is 223 Å². The molecular weight excluding hydrogens is 492 g/mol. The number of epoxide rings is 1. The van der Waals surface area contributed by atoms with Gasteiger partial charge >= 0.3 is 11.9 Å². The summed E-state index contributed by atoms with van der Waals surface area (Å²) < 4.78 is 30.3. The third-order valence-corrected chi connectivity index (χ3v) is 9.39. The van der Waals surface area contributed by atoms with Gasteiger partial charge in [-0.15, -0.1) is 0 Å². The van der Waals surface area contributed by atoms with Crippen molar-refractivity contribution in [3.05, 3.63) is 47.6 Å². The molecule has 0 amide bonds. The summed E-state index contributed by atoms with van der Waals surface area (Å²) in [6, 6.07) is 0. The van der Waals surface area contributed by atoms with E-state index in [9.17, 15) is 19.8 Å². The van der Waals surface area contributed by atoms with E-state index in [4.69, 9.17) is 23.7 Å². The molecule has 0 aromatic heterocycles. The second kappa shape index (κ2) is 10.0. The van der Waals surface area contributed by atoms with Crippen molar-refractivity contribution in [2.45, 2.75) is 89.2 Å². The van der Waals surface area contributed by atoms with Gasteiger partial charge in [0, 0.05) is 24.0 Å². The average molecular weight is 531 g/mol. The second-order valence-electron chi connectivity index (χ2n) is 11.6. The Morgan fingerprint density at radius 1 is 1.11 bits per heavy atom. The molecule has 2 aliphatic carbocycles. The Morgan fingerprint density at radius 2 is 1.87 bits per heavy atom. The van der Waals surface area contributed by atoms with Crippen LogP contribution in [0.5, 0.6) is 0 Å². The number of rotatable bonds is 1. The highest BCUT2D eigenvalue weighted by atomic mass is 16.6. The number of hydrogen-bond acceptors (Lipinski definition) is 9. The van der Waals surface area contributed by atoms with Crippen LogP contribution >= 0.6 is 0 Å². The average Bonchev–Trinajstić information content (AvgIpc) is 3.64. The van der Waals surface area contributed by atoms with Crippen LogP contribution in [0.3, 0.4) is 0 Å². The van der Waals surface area contributed by atoms with Gasteiger partial charge in [-0.2, -0.15) is 0 Å². The number of aliphatic hydroxyl groups excluding tert-OH is 2. The highest BCUT2D eigenvalue weighted by Crippen LogP contribution is 2.72. The molecule has 2 spiro atoms. The zero-order chi connectivity index (χ0) is 27.3. The first kappa shape index (κ1) is 27.3. The molecule has 3 heterocycles. The molecule has 0 aromatic carbocycles. The number of allylic oxidation sites excluding steroid dienone is 3. The zero-order valence-corrected chi connectivity index (χ0v) is 22.4. The van der Waals surface area contributed by atoms with Crippen molar-refractivity contribution < 1.29 is 43.5 Å². The summed E-state index contributed by atoms with van der Waals surface area (Å²) in [6.45, 7) is 7.78. The van der Waals surface area contributed by atoms with Crippen molar-refractivity contribution in [2.24, 2.45) is 10.8 Å². The quantitative estimate of drug-likeness (QED) is 0.299. The Hall–Kier alpha value is -2.30. The molecule has 5 aliphatic rings. The zero-order valence-electron chi connectivity index (χ0n) is 22.4. The third-order valence-electron chi connectivity index (χ3n) is 9.39. The van der Waals surface area contributed by atoms with Gasteiger partial charge in [-0.3, -0.25) is 0 Å². The van der Waals surface area contributed by atoms with Gasteiger partial charge in [-0.25, -0.2) is 9.59 Å². The van der Waals surface area contributed by atoms with Crippen molar-refractivity contribution in [1.82, 2.24) is 0 Å². The summed E-state index contributed by atoms with van der Waals surface area (Å²) >= 11 is 0. The standard InChI is InChI=1S/C29H38O9/c1-17-9-10-28-15-35-26(33)12-18(2)20(31)14-34-21(19(3)30)7-5-6-8-25(32)38-22-13-24(37-23(28)11-17)29(16-36-29)27(22,28)4/h5-8,11-12,19-24,30-31H,9-10,13-16H2,1-4H3/b7-5+,8-6-,18-12+/t19-,20+,21-,22-,23-,24-,27-,28-,29+/m1/s1. The minimum Gasteiger partial charge on any atom is -0.462 e. The minimum atomic E-state index is -1.06. The Balaban J connectivity index is 1.52. The van der Waals surface area contributed by atoms with Crippen LogP contribution in [-0.4, -0.2) is 84.2 Å². The summed E-state index contributed by atoms with van der Waals surface area (Å²) in [5.74, 6) is -1.08. The van der Waals surface area contributed by atoms with Gasteiger partial charge in [0.25, 0.3) is 0 Å². The van der Waals surface area contributed by atoms with E-state index < -0.39 is 52.8 Å². The van der Waals surface area contributed by atoms with E-state index in [0.717, 1.165) is 6.42 Å². The molecule has 0 unspecified atom stereocenters. The highest BCUT2D eigenvalue weighted by Gasteiger charge is 2.83. The van der Waals surface area contributed by atoms with Gasteiger partial charge in [0.1, 0.15) is 24.4 Å². The number of cyclic esters (lactones) is 1. The molecule has 3 fully saturated rings. The van der Waals surface area contributed by atoms with Gasteiger partial charge in [-0.05, 0) is 39.2 Å². The fraction of sp³-hybridized carbons (Fsp3) is 0.655. The summed E-state index contributed by atoms with van der Waals surface area (Å²) in [5, 5.41) is 20.6. The number of esters is 2. The fourth-order valence-electron chi connectivity index (χ4n) is 6.83. The van der Waals surface area contributed by atoms with Crippen molar-refractivity contribution in [3.8, 4) is 0 Å². The van der Waals surface area contributed by atoms with E-state index in [0.29, 0.717) is 25.0 Å². The van der Waals surface area contributed by atoms with Gasteiger partial charge in [0.2, 0.25) is 0 Å². The smallest absolute Gasteiger partial charge is 0.331 e. The molecule has 9 heteroatoms. The van der Waals surface area contributed by atoms with Crippen LogP contribution in [0.15, 0.2) is 47.6 Å². The van der Waals surface area contributed by atoms with E-state index in [2.05, 4.69) is 19.9 Å². The third kappa shape index (κ3) is 4.38. The summed E-state index contributed by atoms with van der Waals surface area (Å²) in [5.41, 5.74) is -0.328. The van der Waals surface area contributed by atoms with Crippen LogP contribution in [0.1, 0.15) is 47.0 Å². The molecule has 3 aliphatic heterocycles. The van der Waals surface area contributed by atoms with E-state index in [-0.39, 0.29) is 25.4 Å². The van der Waals surface area contributed by atoms with Crippen LogP contribution in [0.4, 0.5) is 0 Å². The summed E-state index contributed by atoms with van der Waals surface area (Å²) in [7, 11) is 0. The van der Waals surface area contributed by atoms with E-state index in [1.54, 1.807) is 32.1 Å². The predicted octanol–water partition coefficient (Wildman–Crippen LogP) is 2.31. The lowest BCUT2D eigenvalue weighted by molar-refractivity contribution is -0.232. The largest absolute Gasteiger partial charge is 0.462 e. The molecule has 38 heavy (non-hydrogen) atoms. The first-order valence-electron chi connectivity index (χ1n) is 13.4. The molecule has 1 saturated carbocycles. The summed E-state index contributed by atoms with van der Waals surface area (Å²) in [6.07, 6.45) is 7.74. The Morgan fingerprint density at radius 3 is 2.58 bits per heavy atom. The van der Waals surface area contributed by atoms with Gasteiger partial charge in [0.05, 0.1) is 43.0 Å². The van der Waals surface area contributed by atoms with E-state index in [1.165, 1.54) is 17.7 Å². The maximum Gasteiger partial charge on any atom is 0.331 e. The maximum atomic E-state index is 13.0. The maximum absolute atomic E-state index is 13.0. The lowest BCUT2D eigenvalue weighted by Crippen LogP contribution is -2.66. The van der Waals surface area contributed by atoms with Gasteiger partial charge < -0.3 is 33.9 Å². The molecule has 2 saturated heterocycles. The van der Waals surface area contributed by atoms with Gasteiger partial charge in [0.15, 0.2) is 0 Å². The number of aliphatic hydroxyl groups is 2. The minimum absolute atomic E-state index is 0.0573. The monoisotopic (exact) mass is 530 g/mol. The molecule has 9 nitrogen and oxygen atoms in total. The fourth-order valence-corrected chi connectivity index (χ4v) is 6.83. The first-order chi connectivity index (χ1) is 18.0. The van der Waals surface area contributed by atoms with Crippen molar-refractivity contribution in [3.63, 3.8) is 0 Å². The van der Waals surface area contributed by atoms with Crippen LogP contribution in [-0.2, 0) is 33.3 Å². The SMILES string of the molecule is CC1=C[C@H]2O[C@@H]3C[C@H]4OC(=O)/C=C\C=C\[C@H]([C@@H](C)O)OC[C@H](O)/C(C)=C/C(=O)OC[C@@]2(CC1)[C@]4(C)[C@]31CO1. The lowest BCUT2D eigenvalue weighted by Gasteiger charge is -2.58. The summed E-state index contributed by atoms with van der Waals surface area (Å²) in [4.78, 5) is 25.9. The number of hydrogen-bond donors (Lipinski definition) is 2. The normalized spacial score (nSPS) is 47.3. The number of carbonyl (C=O) groups is 2. The van der Waals surface area contributed by atoms with Crippen LogP contribution in [0, 0.1) is 10.8 Å². The molecule has 208 valence electrons. The Bertz CT molecular complexity index is 1080. The van der Waals surface area contributed by atoms with Crippen molar-refractivity contribution in [2.75, 3.05) is 19.8 Å². The molecule has 9 atom stereocenters. The Kier molecular flexibility index (Phi) is 7.19. The molecule has 0 radical (unpaired) electrons. The molecule has 5 rings (SSSR count). The van der Waals surface area contributed by atoms with Crippen LogP contribution in [0.2, 0.25) is 0 Å². The highest BCUT2D eigenvalue weighted by molar-refractivity contribution is 5.83. The van der Waals surface area contributed by atoms with E-state index >= 15 is 0 Å². The van der Waals surface area contributed by atoms with Crippen LogP contribution in [0.25, 0.3) is 0 Å². The first-order valence-corrected chi connectivity index (χ1v) is 13.4. The number of ether oxygens (including phenoxy) is 5.